The quantitative estimate of drug-likeness (QED) is 0.173. The normalized spacial score (nSPS) is 13.5. The van der Waals surface area contributed by atoms with Crippen LogP contribution >= 0.6 is 65.9 Å². The number of thiophene rings is 3. The summed E-state index contributed by atoms with van der Waals surface area (Å²) in [6.45, 7) is 0. The zero-order valence-electron chi connectivity index (χ0n) is 57.6. The summed E-state index contributed by atoms with van der Waals surface area (Å²) in [4.78, 5) is 0. The van der Waals surface area contributed by atoms with Crippen LogP contribution in [0, 0.1) is 0 Å². The van der Waals surface area contributed by atoms with Gasteiger partial charge in [0.25, 0.3) is 0 Å². The Kier molecular flexibility index (Phi) is 13.7. The predicted octanol–water partition coefficient (Wildman–Crippen LogP) is 26.2. The van der Waals surface area contributed by atoms with Crippen LogP contribution in [-0.4, -0.2) is 26.3 Å². The highest BCUT2D eigenvalue weighted by molar-refractivity contribution is 9.10. The van der Waals surface area contributed by atoms with Crippen molar-refractivity contribution in [1.82, 2.24) is 9.13 Å². The molecule has 2 N–H and O–H groups in total. The molecule has 7 heterocycles. The molecule has 0 saturated heterocycles. The molecule has 5 aromatic heterocycles. The van der Waals surface area contributed by atoms with E-state index in [0.29, 0.717) is 5.46 Å². The largest absolute Gasteiger partial charge is 0.489 e. The van der Waals surface area contributed by atoms with Crippen molar-refractivity contribution in [1.29, 1.82) is 0 Å². The number of para-hydroxylation sites is 2. The van der Waals surface area contributed by atoms with E-state index in [9.17, 15) is 10.0 Å². The third-order valence-electron chi connectivity index (χ3n) is 23.6. The van der Waals surface area contributed by atoms with Crippen molar-refractivity contribution in [2.24, 2.45) is 0 Å². The third-order valence-corrected chi connectivity index (χ3v) is 28.2. The summed E-state index contributed by atoms with van der Waals surface area (Å²) in [5.74, 6) is 0. The zero-order valence-corrected chi connectivity index (χ0v) is 63.2. The van der Waals surface area contributed by atoms with Gasteiger partial charge in [0.1, 0.15) is 0 Å². The van der Waals surface area contributed by atoms with Gasteiger partial charge >= 0.3 is 7.12 Å². The van der Waals surface area contributed by atoms with Crippen molar-refractivity contribution in [2.75, 3.05) is 0 Å². The van der Waals surface area contributed by atoms with E-state index in [-0.39, 0.29) is 5.41 Å². The highest BCUT2D eigenvalue weighted by Gasteiger charge is 2.53. The fourth-order valence-electron chi connectivity index (χ4n) is 19.4. The molecule has 0 bridgehead atoms. The lowest BCUT2D eigenvalue weighted by Crippen LogP contribution is -2.33. The molecule has 2 spiro atoms. The minimum atomic E-state index is -1.41. The molecule has 25 rings (SSSR count). The van der Waals surface area contributed by atoms with Crippen molar-refractivity contribution in [3.63, 3.8) is 0 Å². The van der Waals surface area contributed by atoms with Gasteiger partial charge in [-0.25, -0.2) is 0 Å². The van der Waals surface area contributed by atoms with Crippen LogP contribution in [0.2, 0.25) is 0 Å². The van der Waals surface area contributed by atoms with Gasteiger partial charge in [-0.1, -0.05) is 281 Å². The maximum absolute atomic E-state index is 9.31. The van der Waals surface area contributed by atoms with Crippen molar-refractivity contribution in [2.45, 2.75) is 10.8 Å². The second-order valence-corrected chi connectivity index (χ2v) is 33.8. The first-order valence-electron chi connectivity index (χ1n) is 36.5. The molecule has 16 aromatic carbocycles. The van der Waals surface area contributed by atoms with E-state index in [1.807, 2.05) is 53.0 Å². The van der Waals surface area contributed by atoms with Gasteiger partial charge in [0, 0.05) is 85.6 Å². The summed E-state index contributed by atoms with van der Waals surface area (Å²) in [6.07, 6.45) is 0. The van der Waals surface area contributed by atoms with Crippen LogP contribution in [0.5, 0.6) is 0 Å². The molecule has 108 heavy (non-hydrogen) atoms. The van der Waals surface area contributed by atoms with Gasteiger partial charge in [-0.05, 0) is 185 Å². The van der Waals surface area contributed by atoms with E-state index < -0.39 is 12.5 Å². The molecule has 10 heteroatoms. The van der Waals surface area contributed by atoms with Crippen LogP contribution in [-0.2, 0) is 10.8 Å². The highest BCUT2D eigenvalue weighted by Crippen LogP contribution is 2.64. The maximum Gasteiger partial charge on any atom is 0.489 e. The standard InChI is InChI=1S/C55H31NS2.C31H17Br2N.C12H9BO2S/c1-5-21-44-36(13-1)37-14-2-6-22-45(37)55(44)46-23-7-8-24-49(46)56-48-28-27-32(34-17-11-19-40-38-15-3-9-25-50(38)57-53(34)40)29-42(48)43-30-33(31-47(55)52(43)56)35-18-12-20-41-39-16-4-10-26-51(39)58-54(35)41;32-18-13-14-28-22(15-18)23-16-19(33)17-27-30(23)34(28)29-12-6-5-11-26(29)31(27)24-9-3-1-7-20(24)21-8-2-4-10-25(21)31;14-13(15)10-6-3-5-9-8-4-1-2-7-11(8)16-12(9)10/h1-31H;1-17H;1-7,14-15H. The SMILES string of the molecule is Brc1ccc2c(c1)c1cc(Br)cc3c1n2-c1ccccc1C31c2ccccc2-c2ccccc21.OB(O)c1cccc2c1sc1ccccc12.c1ccc2c(c1)-c1ccccc1C21c2ccccc2-n2c3ccc(-c4cccc5c4sc4ccccc45)cc3c3cc(-c4cccc5c4sc4ccccc45)cc1c32. The molecule has 0 atom stereocenters. The predicted molar refractivity (Wildman–Crippen MR) is 464 cm³/mol. The van der Waals surface area contributed by atoms with Crippen LogP contribution in [0.3, 0.4) is 0 Å². The van der Waals surface area contributed by atoms with Crippen LogP contribution in [0.15, 0.2) is 343 Å². The molecule has 0 amide bonds. The van der Waals surface area contributed by atoms with Crippen molar-refractivity contribution >= 4 is 183 Å². The molecule has 2 aliphatic heterocycles. The van der Waals surface area contributed by atoms with E-state index in [4.69, 9.17) is 0 Å². The Morgan fingerprint density at radius 1 is 0.259 bits per heavy atom. The molecule has 0 radical (unpaired) electrons. The van der Waals surface area contributed by atoms with Gasteiger partial charge in [0.15, 0.2) is 0 Å². The molecule has 0 saturated carbocycles. The topological polar surface area (TPSA) is 50.3 Å². The molecular weight excluding hydrogens is 1500 g/mol. The monoisotopic (exact) mass is 1560 g/mol. The molecule has 0 fully saturated rings. The third kappa shape index (κ3) is 8.56. The zero-order chi connectivity index (χ0) is 71.4. The Morgan fingerprint density at radius 2 is 0.620 bits per heavy atom. The fourth-order valence-corrected chi connectivity index (χ4v) is 24.0. The first kappa shape index (κ1) is 62.9. The number of fused-ring (bicyclic) bond motifs is 33. The Bertz CT molecular complexity index is 7410. The van der Waals surface area contributed by atoms with Crippen LogP contribution in [0.25, 0.3) is 160 Å². The van der Waals surface area contributed by atoms with Crippen molar-refractivity contribution in [3.8, 4) is 55.9 Å². The fraction of sp³-hybridized carbons (Fsp3) is 0.0204. The van der Waals surface area contributed by atoms with E-state index in [1.165, 1.54) is 194 Å². The maximum atomic E-state index is 9.31. The molecule has 2 aliphatic carbocycles. The van der Waals surface area contributed by atoms with E-state index in [0.717, 1.165) is 19.0 Å². The minimum absolute atomic E-state index is 0.368. The number of hydrogen-bond donors (Lipinski definition) is 2. The summed E-state index contributed by atoms with van der Waals surface area (Å²) < 4.78 is 14.7. The van der Waals surface area contributed by atoms with Gasteiger partial charge in [-0.15, -0.1) is 34.0 Å². The van der Waals surface area contributed by atoms with Crippen LogP contribution < -0.4 is 5.46 Å². The van der Waals surface area contributed by atoms with E-state index >= 15 is 0 Å². The summed E-state index contributed by atoms with van der Waals surface area (Å²) in [5, 5.41) is 31.3. The Hall–Kier alpha value is -11.3. The molecule has 4 aliphatic rings. The summed E-state index contributed by atoms with van der Waals surface area (Å²) >= 11 is 13.0. The second kappa shape index (κ2) is 23.6. The lowest BCUT2D eigenvalue weighted by atomic mass is 9.65. The van der Waals surface area contributed by atoms with Gasteiger partial charge in [0.05, 0.1) is 44.3 Å². The minimum Gasteiger partial charge on any atom is -0.423 e. The molecule has 21 aromatic rings. The smallest absolute Gasteiger partial charge is 0.423 e. The van der Waals surface area contributed by atoms with Gasteiger partial charge in [-0.2, -0.15) is 0 Å². The summed E-state index contributed by atoms with van der Waals surface area (Å²) in [6, 6.07) is 123. The average molecular weight is 1560 g/mol. The van der Waals surface area contributed by atoms with Crippen LogP contribution in [0.4, 0.5) is 0 Å². The van der Waals surface area contributed by atoms with Gasteiger partial charge < -0.3 is 19.2 Å². The Balaban J connectivity index is 0.000000118. The molecule has 506 valence electrons. The number of rotatable bonds is 3. The lowest BCUT2D eigenvalue weighted by Gasteiger charge is -2.39. The number of halogens is 2. The van der Waals surface area contributed by atoms with Crippen LogP contribution in [0.1, 0.15) is 44.5 Å². The number of aromatic nitrogens is 2. The number of hydrogen-bond acceptors (Lipinski definition) is 5. The summed E-state index contributed by atoms with van der Waals surface area (Å²) in [5.41, 5.74) is 28.5. The molecule has 0 unspecified atom stereocenters. The van der Waals surface area contributed by atoms with E-state index in [2.05, 4.69) is 338 Å². The molecule has 4 nitrogen and oxygen atoms in total. The first-order chi connectivity index (χ1) is 53.2. The van der Waals surface area contributed by atoms with Crippen molar-refractivity contribution in [3.05, 3.63) is 387 Å². The number of benzene rings is 16. The van der Waals surface area contributed by atoms with Gasteiger partial charge in [-0.3, -0.25) is 0 Å². The summed E-state index contributed by atoms with van der Waals surface area (Å²) in [7, 11) is -1.41. The number of nitrogens with zero attached hydrogens (tertiary/aromatic N) is 2. The Morgan fingerprint density at radius 3 is 1.13 bits per heavy atom. The lowest BCUT2D eigenvalue weighted by molar-refractivity contribution is 0.426. The highest BCUT2D eigenvalue weighted by atomic mass is 79.9. The Labute approximate surface area is 650 Å². The van der Waals surface area contributed by atoms with E-state index in [1.54, 1.807) is 17.4 Å². The first-order valence-corrected chi connectivity index (χ1v) is 40.5. The molecular formula is C98H57BBr2N2O2S3. The van der Waals surface area contributed by atoms with Gasteiger partial charge in [0.2, 0.25) is 0 Å². The second-order valence-electron chi connectivity index (χ2n) is 28.8. The average Bonchev–Trinajstić information content (AvgIpc) is 1.49. The van der Waals surface area contributed by atoms with Crippen molar-refractivity contribution < 1.29 is 10.0 Å².